The molecule has 0 spiro atoms. The van der Waals surface area contributed by atoms with Gasteiger partial charge >= 0.3 is 23.9 Å². The molecule has 0 amide bonds. The van der Waals surface area contributed by atoms with Crippen molar-refractivity contribution in [3.05, 3.63) is 90.0 Å². The minimum atomic E-state index is -1.23. The largest absolute Gasteiger partial charge is 0.463 e. The van der Waals surface area contributed by atoms with Gasteiger partial charge in [0, 0.05) is 33.4 Å². The molecule has 0 saturated carbocycles. The van der Waals surface area contributed by atoms with Crippen molar-refractivity contribution in [1.29, 1.82) is 0 Å². The molecule has 3 aromatic carbocycles. The predicted molar refractivity (Wildman–Crippen MR) is 163 cm³/mol. The highest BCUT2D eigenvalue weighted by Gasteiger charge is 2.53. The highest BCUT2D eigenvalue weighted by molar-refractivity contribution is 8.00. The first-order chi connectivity index (χ1) is 21.1. The first-order valence-electron chi connectivity index (χ1n) is 14.1. The van der Waals surface area contributed by atoms with Crippen LogP contribution >= 0.6 is 11.8 Å². The molecule has 10 nitrogen and oxygen atoms in total. The van der Waals surface area contributed by atoms with Crippen LogP contribution in [0.1, 0.15) is 44.1 Å². The quantitative estimate of drug-likeness (QED) is 0.239. The van der Waals surface area contributed by atoms with Crippen LogP contribution in [-0.4, -0.2) is 60.3 Å². The van der Waals surface area contributed by atoms with Crippen LogP contribution in [0.2, 0.25) is 0 Å². The summed E-state index contributed by atoms with van der Waals surface area (Å²) in [6, 6.07) is 26.0. The van der Waals surface area contributed by atoms with E-state index in [1.165, 1.54) is 39.5 Å². The average molecular weight is 620 g/mol. The zero-order valence-electron chi connectivity index (χ0n) is 24.7. The van der Waals surface area contributed by atoms with Crippen LogP contribution in [0.25, 0.3) is 0 Å². The van der Waals surface area contributed by atoms with Crippen LogP contribution in [0.3, 0.4) is 0 Å². The van der Waals surface area contributed by atoms with Gasteiger partial charge in [0.25, 0.3) is 0 Å². The molecule has 0 unspecified atom stereocenters. The molecule has 2 aliphatic heterocycles. The van der Waals surface area contributed by atoms with Crippen molar-refractivity contribution in [2.45, 2.75) is 62.8 Å². The Bertz CT molecular complexity index is 1480. The molecule has 0 N–H and O–H groups in total. The second-order valence-electron chi connectivity index (χ2n) is 10.4. The Balaban J connectivity index is 1.60. The summed E-state index contributed by atoms with van der Waals surface area (Å²) in [6.45, 7) is 4.61. The summed E-state index contributed by atoms with van der Waals surface area (Å²) in [5.74, 6) is -2.55. The van der Waals surface area contributed by atoms with Gasteiger partial charge in [-0.2, -0.15) is 0 Å². The van der Waals surface area contributed by atoms with Crippen molar-refractivity contribution in [3.63, 3.8) is 0 Å². The number of fused-ring (bicyclic) bond motifs is 2. The number of para-hydroxylation sites is 3. The van der Waals surface area contributed by atoms with Crippen molar-refractivity contribution in [1.82, 2.24) is 0 Å². The fourth-order valence-corrected chi connectivity index (χ4v) is 7.09. The van der Waals surface area contributed by atoms with Crippen LogP contribution in [-0.2, 0) is 42.9 Å². The molecule has 0 aliphatic carbocycles. The maximum Gasteiger partial charge on any atom is 0.303 e. The highest BCUT2D eigenvalue weighted by Crippen LogP contribution is 2.55. The standard InChI is InChI=1S/C33H33NO9S/c1-19(35)39-18-28-29(40-20(2)36)30(41-21(3)37)31(42-22(4)38)33(43-28)44-32-24-14-8-10-16-26(24)34(23-12-6-5-7-13-23)27-17-11-9-15-25(27)32/h5-17,28-33H,18H2,1-4H3/t28-,29-,30+,31-,33+/m1/s1. The summed E-state index contributed by atoms with van der Waals surface area (Å²) in [4.78, 5) is 50.8. The van der Waals surface area contributed by atoms with E-state index in [2.05, 4.69) is 4.90 Å². The van der Waals surface area contributed by atoms with Crippen LogP contribution in [0.15, 0.2) is 78.9 Å². The number of carbonyl (C=O) groups excluding carboxylic acids is 4. The van der Waals surface area contributed by atoms with Gasteiger partial charge in [0.15, 0.2) is 18.3 Å². The van der Waals surface area contributed by atoms with Gasteiger partial charge in [-0.25, -0.2) is 0 Å². The lowest BCUT2D eigenvalue weighted by Gasteiger charge is -2.46. The Morgan fingerprint density at radius 2 is 1.16 bits per heavy atom. The number of hydrogen-bond acceptors (Lipinski definition) is 11. The lowest BCUT2D eigenvalue weighted by atomic mass is 9.94. The molecule has 0 aromatic heterocycles. The highest BCUT2D eigenvalue weighted by atomic mass is 32.2. The number of ether oxygens (including phenoxy) is 5. The number of anilines is 3. The Labute approximate surface area is 259 Å². The number of thioether (sulfide) groups is 1. The molecule has 2 heterocycles. The maximum atomic E-state index is 12.4. The monoisotopic (exact) mass is 619 g/mol. The van der Waals surface area contributed by atoms with Gasteiger partial charge in [0.1, 0.15) is 18.1 Å². The fourth-order valence-electron chi connectivity index (χ4n) is 5.56. The molecule has 1 saturated heterocycles. The van der Waals surface area contributed by atoms with Crippen molar-refractivity contribution in [2.24, 2.45) is 0 Å². The minimum absolute atomic E-state index is 0.283. The third-order valence-electron chi connectivity index (χ3n) is 7.15. The van der Waals surface area contributed by atoms with E-state index in [9.17, 15) is 19.2 Å². The van der Waals surface area contributed by atoms with E-state index in [1.54, 1.807) is 0 Å². The van der Waals surface area contributed by atoms with Gasteiger partial charge in [-0.3, -0.25) is 19.2 Å². The van der Waals surface area contributed by atoms with Gasteiger partial charge in [-0.1, -0.05) is 54.6 Å². The zero-order chi connectivity index (χ0) is 31.4. The van der Waals surface area contributed by atoms with E-state index in [4.69, 9.17) is 23.7 Å². The Kier molecular flexibility index (Phi) is 9.55. The lowest BCUT2D eigenvalue weighted by molar-refractivity contribution is -0.237. The van der Waals surface area contributed by atoms with Crippen molar-refractivity contribution >= 4 is 52.7 Å². The number of nitrogens with zero attached hydrogens (tertiary/aromatic N) is 1. The van der Waals surface area contributed by atoms with Gasteiger partial charge in [-0.05, 0) is 35.4 Å². The third-order valence-corrected chi connectivity index (χ3v) is 8.58. The first kappa shape index (κ1) is 31.1. The number of hydrogen-bond donors (Lipinski definition) is 0. The van der Waals surface area contributed by atoms with E-state index in [0.717, 1.165) is 28.2 Å². The Morgan fingerprint density at radius 1 is 0.659 bits per heavy atom. The Morgan fingerprint density at radius 3 is 1.70 bits per heavy atom. The minimum Gasteiger partial charge on any atom is -0.463 e. The fraction of sp³-hybridized carbons (Fsp3) is 0.333. The number of carbonyl (C=O) groups is 4. The zero-order valence-corrected chi connectivity index (χ0v) is 25.5. The molecule has 11 heteroatoms. The van der Waals surface area contributed by atoms with Crippen LogP contribution in [0, 0.1) is 0 Å². The third kappa shape index (κ3) is 6.74. The maximum absolute atomic E-state index is 12.4. The average Bonchev–Trinajstić information content (AvgIpc) is 2.98. The van der Waals surface area contributed by atoms with Crippen LogP contribution < -0.4 is 4.90 Å². The topological polar surface area (TPSA) is 118 Å². The molecule has 230 valence electrons. The predicted octanol–water partition coefficient (Wildman–Crippen LogP) is 5.38. The van der Waals surface area contributed by atoms with E-state index in [-0.39, 0.29) is 11.9 Å². The number of rotatable bonds is 8. The smallest absolute Gasteiger partial charge is 0.303 e. The van der Waals surface area contributed by atoms with Crippen molar-refractivity contribution in [3.8, 4) is 0 Å². The number of esters is 4. The molecule has 5 atom stereocenters. The summed E-state index contributed by atoms with van der Waals surface area (Å²) in [6.07, 6.45) is -4.63. The van der Waals surface area contributed by atoms with Gasteiger partial charge in [0.2, 0.25) is 0 Å². The summed E-state index contributed by atoms with van der Waals surface area (Å²) in [5, 5.41) is -0.317. The summed E-state index contributed by atoms with van der Waals surface area (Å²) in [7, 11) is 0. The van der Waals surface area contributed by atoms with Crippen molar-refractivity contribution in [2.75, 3.05) is 11.5 Å². The van der Waals surface area contributed by atoms with E-state index in [0.29, 0.717) is 0 Å². The molecule has 0 bridgehead atoms. The summed E-state index contributed by atoms with van der Waals surface area (Å²) < 4.78 is 28.6. The SMILES string of the molecule is CC(=O)OC[C@H]1O[C@@H](SC2c3ccccc3N(c3ccccc3)c3ccccc32)[C@H](OC(C)=O)[C@@H](OC(C)=O)[C@@H]1OC(C)=O. The van der Waals surface area contributed by atoms with Gasteiger partial charge < -0.3 is 28.6 Å². The molecular weight excluding hydrogens is 586 g/mol. The first-order valence-corrected chi connectivity index (χ1v) is 15.1. The molecule has 1 fully saturated rings. The van der Waals surface area contributed by atoms with E-state index in [1.807, 2.05) is 78.9 Å². The second-order valence-corrected chi connectivity index (χ2v) is 11.6. The van der Waals surface area contributed by atoms with Crippen molar-refractivity contribution < 1.29 is 42.9 Å². The molecule has 5 rings (SSSR count). The summed E-state index contributed by atoms with van der Waals surface area (Å²) in [5.41, 5.74) is 3.94. The normalized spacial score (nSPS) is 22.6. The van der Waals surface area contributed by atoms with Gasteiger partial charge in [0.05, 0.1) is 16.6 Å². The van der Waals surface area contributed by atoms with Crippen LogP contribution in [0.5, 0.6) is 0 Å². The number of benzene rings is 3. The molecule has 0 radical (unpaired) electrons. The van der Waals surface area contributed by atoms with E-state index >= 15 is 0 Å². The molecular formula is C33H33NO9S. The molecule has 44 heavy (non-hydrogen) atoms. The van der Waals surface area contributed by atoms with Gasteiger partial charge in [-0.15, -0.1) is 11.8 Å². The second kappa shape index (κ2) is 13.5. The van der Waals surface area contributed by atoms with Crippen LogP contribution in [0.4, 0.5) is 17.1 Å². The Hall–Kier alpha value is -4.35. The molecule has 3 aromatic rings. The van der Waals surface area contributed by atoms with E-state index < -0.39 is 53.7 Å². The molecule has 2 aliphatic rings. The summed E-state index contributed by atoms with van der Waals surface area (Å²) >= 11 is 1.37. The lowest BCUT2D eigenvalue weighted by Crippen LogP contribution is -2.61.